The van der Waals surface area contributed by atoms with E-state index in [9.17, 15) is 18.0 Å². The Morgan fingerprint density at radius 2 is 1.93 bits per heavy atom. The van der Waals surface area contributed by atoms with E-state index in [0.717, 1.165) is 35.2 Å². The standard InChI is InChI=1S/C19H18F3N5O2S/c1-29-15-7-5-12(6-8-15)9-16-25-26-18(27(16)23)30-11-17(28)24-14-4-2-3-13(10-14)19(20,21)22/h2-8,10H,9,11,23H2,1H3,(H,24,28). The second-order valence-corrected chi connectivity index (χ2v) is 7.15. The summed E-state index contributed by atoms with van der Waals surface area (Å²) in [5, 5.41) is 10.8. The zero-order valence-corrected chi connectivity index (χ0v) is 16.6. The Morgan fingerprint density at radius 3 is 2.60 bits per heavy atom. The Bertz CT molecular complexity index is 1020. The number of nitrogen functional groups attached to an aromatic ring is 1. The van der Waals surface area contributed by atoms with E-state index in [-0.39, 0.29) is 11.4 Å². The molecular formula is C19H18F3N5O2S. The molecule has 3 rings (SSSR count). The average Bonchev–Trinajstić information content (AvgIpc) is 3.06. The van der Waals surface area contributed by atoms with Gasteiger partial charge in [-0.2, -0.15) is 13.2 Å². The number of hydrogen-bond donors (Lipinski definition) is 2. The first kappa shape index (κ1) is 21.5. The first-order valence-corrected chi connectivity index (χ1v) is 9.67. The number of nitrogens with one attached hydrogen (secondary N) is 1. The van der Waals surface area contributed by atoms with Crippen LogP contribution in [-0.4, -0.2) is 33.6 Å². The maximum Gasteiger partial charge on any atom is 0.416 e. The van der Waals surface area contributed by atoms with E-state index >= 15 is 0 Å². The number of nitrogens with zero attached hydrogens (tertiary/aromatic N) is 3. The molecule has 0 fully saturated rings. The van der Waals surface area contributed by atoms with E-state index in [2.05, 4.69) is 15.5 Å². The zero-order valence-electron chi connectivity index (χ0n) is 15.8. The number of carbonyl (C=O) groups excluding carboxylic acids is 1. The molecule has 0 radical (unpaired) electrons. The Hall–Kier alpha value is -3.21. The van der Waals surface area contributed by atoms with Gasteiger partial charge in [0.05, 0.1) is 18.4 Å². The van der Waals surface area contributed by atoms with Crippen LogP contribution in [0.15, 0.2) is 53.7 Å². The van der Waals surface area contributed by atoms with Crippen molar-refractivity contribution in [3.05, 3.63) is 65.5 Å². The fourth-order valence-corrected chi connectivity index (χ4v) is 3.23. The highest BCUT2D eigenvalue weighted by Crippen LogP contribution is 2.30. The van der Waals surface area contributed by atoms with Crippen LogP contribution in [0, 0.1) is 0 Å². The minimum absolute atomic E-state index is 0.0600. The number of hydrogen-bond acceptors (Lipinski definition) is 6. The molecule has 3 aromatic rings. The third-order valence-corrected chi connectivity index (χ3v) is 5.01. The largest absolute Gasteiger partial charge is 0.497 e. The molecule has 0 bridgehead atoms. The molecule has 11 heteroatoms. The van der Waals surface area contributed by atoms with Crippen molar-refractivity contribution in [2.45, 2.75) is 17.8 Å². The Morgan fingerprint density at radius 1 is 1.20 bits per heavy atom. The highest BCUT2D eigenvalue weighted by atomic mass is 32.2. The van der Waals surface area contributed by atoms with Crippen molar-refractivity contribution >= 4 is 23.4 Å². The summed E-state index contributed by atoms with van der Waals surface area (Å²) in [6.45, 7) is 0. The van der Waals surface area contributed by atoms with E-state index in [1.54, 1.807) is 7.11 Å². The first-order chi connectivity index (χ1) is 14.3. The quantitative estimate of drug-likeness (QED) is 0.435. The van der Waals surface area contributed by atoms with E-state index < -0.39 is 17.6 Å². The number of thioether (sulfide) groups is 1. The van der Waals surface area contributed by atoms with Crippen LogP contribution in [0.4, 0.5) is 18.9 Å². The number of ether oxygens (including phenoxy) is 1. The van der Waals surface area contributed by atoms with Gasteiger partial charge in [-0.1, -0.05) is 30.0 Å². The number of alkyl halides is 3. The summed E-state index contributed by atoms with van der Waals surface area (Å²) in [5.41, 5.74) is 0.177. The van der Waals surface area contributed by atoms with Gasteiger partial charge < -0.3 is 15.9 Å². The Labute approximate surface area is 174 Å². The molecule has 0 aliphatic heterocycles. The lowest BCUT2D eigenvalue weighted by Gasteiger charge is -2.09. The van der Waals surface area contributed by atoms with Crippen LogP contribution in [0.25, 0.3) is 0 Å². The van der Waals surface area contributed by atoms with Crippen LogP contribution < -0.4 is 15.9 Å². The number of rotatable bonds is 7. The minimum Gasteiger partial charge on any atom is -0.497 e. The zero-order chi connectivity index (χ0) is 21.7. The molecule has 2 aromatic carbocycles. The van der Waals surface area contributed by atoms with Crippen LogP contribution in [0.1, 0.15) is 17.0 Å². The van der Waals surface area contributed by atoms with Crippen LogP contribution in [0.5, 0.6) is 5.75 Å². The summed E-state index contributed by atoms with van der Waals surface area (Å²) in [6, 6.07) is 11.8. The summed E-state index contributed by atoms with van der Waals surface area (Å²) in [5.74, 6) is 6.66. The van der Waals surface area contributed by atoms with Crippen LogP contribution in [0.3, 0.4) is 0 Å². The monoisotopic (exact) mass is 437 g/mol. The number of methoxy groups -OCH3 is 1. The van der Waals surface area contributed by atoms with Gasteiger partial charge in [-0.3, -0.25) is 4.79 Å². The number of carbonyl (C=O) groups is 1. The molecule has 1 amide bonds. The summed E-state index contributed by atoms with van der Waals surface area (Å²) in [6.07, 6.45) is -4.05. The third-order valence-electron chi connectivity index (χ3n) is 4.06. The second kappa shape index (κ2) is 9.08. The SMILES string of the molecule is COc1ccc(Cc2nnc(SCC(=O)Nc3cccc(C(F)(F)F)c3)n2N)cc1. The first-order valence-electron chi connectivity index (χ1n) is 8.68. The number of benzene rings is 2. The molecule has 1 aromatic heterocycles. The van der Waals surface area contributed by atoms with Crippen molar-refractivity contribution < 1.29 is 22.7 Å². The predicted molar refractivity (Wildman–Crippen MR) is 107 cm³/mol. The fourth-order valence-electron chi connectivity index (χ4n) is 2.55. The molecule has 0 saturated carbocycles. The number of amides is 1. The van der Waals surface area contributed by atoms with E-state index in [1.807, 2.05) is 24.3 Å². The summed E-state index contributed by atoms with van der Waals surface area (Å²) < 4.78 is 44.7. The lowest BCUT2D eigenvalue weighted by Crippen LogP contribution is -2.17. The van der Waals surface area contributed by atoms with Gasteiger partial charge in [0, 0.05) is 12.1 Å². The molecule has 1 heterocycles. The molecule has 3 N–H and O–H groups in total. The molecule has 0 aliphatic rings. The number of anilines is 1. The molecule has 158 valence electrons. The predicted octanol–water partition coefficient (Wildman–Crippen LogP) is 3.34. The molecule has 0 saturated heterocycles. The van der Waals surface area contributed by atoms with Gasteiger partial charge in [-0.25, -0.2) is 4.68 Å². The van der Waals surface area contributed by atoms with Gasteiger partial charge in [0.1, 0.15) is 5.75 Å². The fraction of sp³-hybridized carbons (Fsp3) is 0.211. The number of aromatic nitrogens is 3. The van der Waals surface area contributed by atoms with Crippen molar-refractivity contribution in [1.29, 1.82) is 0 Å². The van der Waals surface area contributed by atoms with E-state index in [4.69, 9.17) is 10.6 Å². The molecule has 7 nitrogen and oxygen atoms in total. The lowest BCUT2D eigenvalue weighted by molar-refractivity contribution is -0.137. The van der Waals surface area contributed by atoms with Crippen LogP contribution >= 0.6 is 11.8 Å². The molecule has 0 atom stereocenters. The van der Waals surface area contributed by atoms with E-state index in [1.165, 1.54) is 16.8 Å². The topological polar surface area (TPSA) is 95.1 Å². The molecule has 0 aliphatic carbocycles. The van der Waals surface area contributed by atoms with Crippen LogP contribution in [0.2, 0.25) is 0 Å². The van der Waals surface area contributed by atoms with Gasteiger partial charge in [0.25, 0.3) is 0 Å². The van der Waals surface area contributed by atoms with Crippen molar-refractivity contribution in [3.8, 4) is 5.75 Å². The van der Waals surface area contributed by atoms with Crippen molar-refractivity contribution in [2.24, 2.45) is 0 Å². The van der Waals surface area contributed by atoms with Gasteiger partial charge in [0.15, 0.2) is 5.82 Å². The maximum absolute atomic E-state index is 12.8. The van der Waals surface area contributed by atoms with Gasteiger partial charge >= 0.3 is 6.18 Å². The molecule has 30 heavy (non-hydrogen) atoms. The molecule has 0 spiro atoms. The van der Waals surface area contributed by atoms with Crippen molar-refractivity contribution in [2.75, 3.05) is 24.0 Å². The van der Waals surface area contributed by atoms with Crippen molar-refractivity contribution in [3.63, 3.8) is 0 Å². The highest BCUT2D eigenvalue weighted by Gasteiger charge is 2.30. The second-order valence-electron chi connectivity index (χ2n) is 6.21. The molecule has 0 unspecified atom stereocenters. The van der Waals surface area contributed by atoms with Gasteiger partial charge in [0.2, 0.25) is 11.1 Å². The lowest BCUT2D eigenvalue weighted by atomic mass is 10.1. The Balaban J connectivity index is 1.57. The normalized spacial score (nSPS) is 11.3. The highest BCUT2D eigenvalue weighted by molar-refractivity contribution is 7.99. The van der Waals surface area contributed by atoms with Crippen molar-refractivity contribution in [1.82, 2.24) is 14.9 Å². The smallest absolute Gasteiger partial charge is 0.416 e. The van der Waals surface area contributed by atoms with E-state index in [0.29, 0.717) is 17.4 Å². The summed E-state index contributed by atoms with van der Waals surface area (Å²) in [7, 11) is 1.58. The van der Waals surface area contributed by atoms with Gasteiger partial charge in [-0.15, -0.1) is 10.2 Å². The molecular weight excluding hydrogens is 419 g/mol. The average molecular weight is 437 g/mol. The Kier molecular flexibility index (Phi) is 6.50. The number of halogens is 3. The summed E-state index contributed by atoms with van der Waals surface area (Å²) >= 11 is 1.03. The minimum atomic E-state index is -4.48. The number of nitrogens with two attached hydrogens (primary N) is 1. The van der Waals surface area contributed by atoms with Crippen LogP contribution in [-0.2, 0) is 17.4 Å². The van der Waals surface area contributed by atoms with Gasteiger partial charge in [-0.05, 0) is 35.9 Å². The maximum atomic E-state index is 12.8. The third kappa shape index (κ3) is 5.44. The summed E-state index contributed by atoms with van der Waals surface area (Å²) in [4.78, 5) is 12.1.